The molecule has 0 saturated heterocycles. The minimum absolute atomic E-state index is 0.0400. The Kier molecular flexibility index (Phi) is 5.87. The van der Waals surface area contributed by atoms with Gasteiger partial charge in [0.15, 0.2) is 0 Å². The normalized spacial score (nSPS) is 12.1. The summed E-state index contributed by atoms with van der Waals surface area (Å²) in [5.74, 6) is -0.362. The summed E-state index contributed by atoms with van der Waals surface area (Å²) in [4.78, 5) is -0.0400. The highest BCUT2D eigenvalue weighted by atomic mass is 32.2. The summed E-state index contributed by atoms with van der Waals surface area (Å²) in [6, 6.07) is 5.00. The molecular formula is C15H21FN2O2S. The van der Waals surface area contributed by atoms with Crippen molar-refractivity contribution in [3.8, 4) is 6.07 Å². The molecule has 0 N–H and O–H groups in total. The van der Waals surface area contributed by atoms with Gasteiger partial charge in [0.05, 0.1) is 10.5 Å². The molecule has 1 aromatic carbocycles. The van der Waals surface area contributed by atoms with Crippen LogP contribution in [0, 0.1) is 29.0 Å². The van der Waals surface area contributed by atoms with E-state index in [0.29, 0.717) is 13.1 Å². The van der Waals surface area contributed by atoms with Gasteiger partial charge >= 0.3 is 0 Å². The highest BCUT2D eigenvalue weighted by Crippen LogP contribution is 2.21. The van der Waals surface area contributed by atoms with Crippen molar-refractivity contribution in [2.24, 2.45) is 11.8 Å². The highest BCUT2D eigenvalue weighted by molar-refractivity contribution is 7.89. The van der Waals surface area contributed by atoms with Gasteiger partial charge < -0.3 is 0 Å². The van der Waals surface area contributed by atoms with Crippen LogP contribution in [-0.2, 0) is 10.0 Å². The van der Waals surface area contributed by atoms with E-state index in [9.17, 15) is 12.8 Å². The van der Waals surface area contributed by atoms with Gasteiger partial charge in [-0.3, -0.25) is 0 Å². The minimum atomic E-state index is -3.72. The van der Waals surface area contributed by atoms with Crippen LogP contribution in [0.2, 0.25) is 0 Å². The molecule has 0 spiro atoms. The van der Waals surface area contributed by atoms with Crippen molar-refractivity contribution in [3.63, 3.8) is 0 Å². The smallest absolute Gasteiger partial charge is 0.207 e. The molecule has 0 aromatic heterocycles. The fourth-order valence-electron chi connectivity index (χ4n) is 1.98. The summed E-state index contributed by atoms with van der Waals surface area (Å²) in [5, 5.41) is 8.84. The van der Waals surface area contributed by atoms with E-state index in [-0.39, 0.29) is 22.3 Å². The molecule has 0 fully saturated rings. The molecule has 1 rings (SSSR count). The van der Waals surface area contributed by atoms with E-state index in [4.69, 9.17) is 5.26 Å². The van der Waals surface area contributed by atoms with E-state index >= 15 is 0 Å². The lowest BCUT2D eigenvalue weighted by Crippen LogP contribution is -2.37. The lowest BCUT2D eigenvalue weighted by Gasteiger charge is -2.25. The molecule has 0 aliphatic carbocycles. The van der Waals surface area contributed by atoms with Crippen LogP contribution in [-0.4, -0.2) is 25.8 Å². The molecule has 4 nitrogen and oxygen atoms in total. The quantitative estimate of drug-likeness (QED) is 0.811. The first kappa shape index (κ1) is 17.6. The van der Waals surface area contributed by atoms with Crippen LogP contribution in [0.15, 0.2) is 23.1 Å². The fraction of sp³-hybridized carbons (Fsp3) is 0.533. The van der Waals surface area contributed by atoms with Crippen LogP contribution in [0.25, 0.3) is 0 Å². The first-order valence-electron chi connectivity index (χ1n) is 6.88. The average molecular weight is 312 g/mol. The maximum Gasteiger partial charge on any atom is 0.243 e. The molecular weight excluding hydrogens is 291 g/mol. The minimum Gasteiger partial charge on any atom is -0.207 e. The Morgan fingerprint density at radius 2 is 1.71 bits per heavy atom. The lowest BCUT2D eigenvalue weighted by molar-refractivity contribution is 0.333. The van der Waals surface area contributed by atoms with Crippen LogP contribution < -0.4 is 0 Å². The number of halogens is 1. The van der Waals surface area contributed by atoms with E-state index in [1.807, 2.05) is 27.7 Å². The maximum atomic E-state index is 13.3. The number of rotatable bonds is 6. The Hall–Kier alpha value is -1.45. The second-order valence-corrected chi connectivity index (χ2v) is 7.80. The first-order valence-corrected chi connectivity index (χ1v) is 8.32. The predicted octanol–water partition coefficient (Wildman–Crippen LogP) is 3.00. The van der Waals surface area contributed by atoms with Gasteiger partial charge in [-0.25, -0.2) is 12.8 Å². The van der Waals surface area contributed by atoms with Crippen LogP contribution in [0.5, 0.6) is 0 Å². The van der Waals surface area contributed by atoms with Gasteiger partial charge in [0.25, 0.3) is 0 Å². The number of hydrogen-bond acceptors (Lipinski definition) is 3. The van der Waals surface area contributed by atoms with Crippen LogP contribution >= 0.6 is 0 Å². The summed E-state index contributed by atoms with van der Waals surface area (Å²) in [6.45, 7) is 8.53. The van der Waals surface area contributed by atoms with Gasteiger partial charge in [-0.1, -0.05) is 27.7 Å². The van der Waals surface area contributed by atoms with Gasteiger partial charge in [-0.15, -0.1) is 0 Å². The van der Waals surface area contributed by atoms with E-state index in [1.165, 1.54) is 10.4 Å². The molecule has 0 amide bonds. The zero-order chi connectivity index (χ0) is 16.2. The monoisotopic (exact) mass is 312 g/mol. The van der Waals surface area contributed by atoms with E-state index < -0.39 is 15.8 Å². The topological polar surface area (TPSA) is 61.2 Å². The van der Waals surface area contributed by atoms with Gasteiger partial charge in [-0.2, -0.15) is 9.57 Å². The summed E-state index contributed by atoms with van der Waals surface area (Å²) in [7, 11) is -3.72. The molecule has 0 aliphatic rings. The van der Waals surface area contributed by atoms with Gasteiger partial charge in [0.1, 0.15) is 11.9 Å². The third-order valence-corrected chi connectivity index (χ3v) is 4.66. The number of hydrogen-bond donors (Lipinski definition) is 0. The van der Waals surface area contributed by atoms with Crippen molar-refractivity contribution in [2.45, 2.75) is 32.6 Å². The van der Waals surface area contributed by atoms with Crippen molar-refractivity contribution < 1.29 is 12.8 Å². The Morgan fingerprint density at radius 3 is 2.14 bits per heavy atom. The molecule has 0 heterocycles. The molecule has 0 radical (unpaired) electrons. The van der Waals surface area contributed by atoms with Gasteiger partial charge in [-0.05, 0) is 30.0 Å². The largest absolute Gasteiger partial charge is 0.243 e. The first-order chi connectivity index (χ1) is 9.68. The number of sulfonamides is 1. The Bertz CT molecular complexity index is 624. The third-order valence-electron chi connectivity index (χ3n) is 2.83. The molecule has 6 heteroatoms. The summed E-state index contributed by atoms with van der Waals surface area (Å²) in [5.41, 5.74) is -0.259. The van der Waals surface area contributed by atoms with Crippen molar-refractivity contribution >= 4 is 10.0 Å². The zero-order valence-electron chi connectivity index (χ0n) is 12.8. The maximum absolute atomic E-state index is 13.3. The van der Waals surface area contributed by atoms with E-state index in [2.05, 4.69) is 0 Å². The van der Waals surface area contributed by atoms with Gasteiger partial charge in [0.2, 0.25) is 10.0 Å². The van der Waals surface area contributed by atoms with Crippen molar-refractivity contribution in [2.75, 3.05) is 13.1 Å². The van der Waals surface area contributed by atoms with Crippen molar-refractivity contribution in [3.05, 3.63) is 29.6 Å². The molecule has 0 atom stereocenters. The second-order valence-electron chi connectivity index (χ2n) is 5.86. The molecule has 0 saturated carbocycles. The zero-order valence-corrected chi connectivity index (χ0v) is 13.6. The molecule has 116 valence electrons. The number of benzene rings is 1. The molecule has 0 unspecified atom stereocenters. The summed E-state index contributed by atoms with van der Waals surface area (Å²) < 4.78 is 40.1. The summed E-state index contributed by atoms with van der Waals surface area (Å²) >= 11 is 0. The van der Waals surface area contributed by atoms with E-state index in [1.54, 1.807) is 6.07 Å². The predicted molar refractivity (Wildman–Crippen MR) is 79.5 cm³/mol. The van der Waals surface area contributed by atoms with Crippen LogP contribution in [0.3, 0.4) is 0 Å². The molecule has 0 bridgehead atoms. The van der Waals surface area contributed by atoms with E-state index in [0.717, 1.165) is 12.1 Å². The number of nitrogens with zero attached hydrogens (tertiary/aromatic N) is 2. The Balaban J connectivity index is 3.25. The summed E-state index contributed by atoms with van der Waals surface area (Å²) in [6.07, 6.45) is 0. The van der Waals surface area contributed by atoms with Crippen molar-refractivity contribution in [1.29, 1.82) is 5.26 Å². The Morgan fingerprint density at radius 1 is 1.19 bits per heavy atom. The third kappa shape index (κ3) is 4.51. The lowest BCUT2D eigenvalue weighted by atomic mass is 10.2. The van der Waals surface area contributed by atoms with Crippen molar-refractivity contribution in [1.82, 2.24) is 4.31 Å². The van der Waals surface area contributed by atoms with Crippen LogP contribution in [0.4, 0.5) is 4.39 Å². The fourth-order valence-corrected chi connectivity index (χ4v) is 3.78. The standard InChI is InChI=1S/C15H21FN2O2S/c1-11(2)9-18(10-12(3)4)21(19,20)14-5-6-15(16)13(7-14)8-17/h5-7,11-12H,9-10H2,1-4H3. The van der Waals surface area contributed by atoms with Gasteiger partial charge in [0, 0.05) is 13.1 Å². The second kappa shape index (κ2) is 7.01. The number of nitriles is 1. The van der Waals surface area contributed by atoms with Crippen LogP contribution in [0.1, 0.15) is 33.3 Å². The molecule has 1 aromatic rings. The molecule has 21 heavy (non-hydrogen) atoms. The highest BCUT2D eigenvalue weighted by Gasteiger charge is 2.26. The molecule has 0 aliphatic heterocycles. The Labute approximate surface area is 126 Å². The average Bonchev–Trinajstić information content (AvgIpc) is 2.37. The SMILES string of the molecule is CC(C)CN(CC(C)C)S(=O)(=O)c1ccc(F)c(C#N)c1.